The van der Waals surface area contributed by atoms with Crippen LogP contribution in [0.15, 0.2) is 47.2 Å². The van der Waals surface area contributed by atoms with Gasteiger partial charge in [0.1, 0.15) is 19.0 Å². The van der Waals surface area contributed by atoms with Gasteiger partial charge in [0.15, 0.2) is 11.5 Å². The highest BCUT2D eigenvalue weighted by Crippen LogP contribution is 2.34. The maximum absolute atomic E-state index is 5.69. The summed E-state index contributed by atoms with van der Waals surface area (Å²) in [5.41, 5.74) is 3.12. The molecule has 0 saturated carbocycles. The molecule has 3 aromatic rings. The monoisotopic (exact) mass is 368 g/mol. The Labute approximate surface area is 158 Å². The first-order valence-corrected chi connectivity index (χ1v) is 9.05. The van der Waals surface area contributed by atoms with Gasteiger partial charge in [-0.05, 0) is 44.4 Å². The Balaban J connectivity index is 1.45. The molecule has 0 bridgehead atoms. The number of aromatic nitrogens is 2. The number of rotatable bonds is 7. The summed E-state index contributed by atoms with van der Waals surface area (Å²) in [6, 6.07) is 10.1. The highest BCUT2D eigenvalue weighted by molar-refractivity contribution is 5.66. The van der Waals surface area contributed by atoms with E-state index in [9.17, 15) is 0 Å². The van der Waals surface area contributed by atoms with Crippen LogP contribution < -0.4 is 14.8 Å². The van der Waals surface area contributed by atoms with E-state index in [4.69, 9.17) is 13.9 Å². The van der Waals surface area contributed by atoms with Gasteiger partial charge in [0, 0.05) is 24.2 Å². The normalized spacial score (nSPS) is 14.5. The highest BCUT2D eigenvalue weighted by Gasteiger charge is 2.18. The van der Waals surface area contributed by atoms with Crippen LogP contribution in [0.25, 0.3) is 11.3 Å². The lowest BCUT2D eigenvalue weighted by Gasteiger charge is -2.22. The number of fused-ring (bicyclic) bond motifs is 1. The van der Waals surface area contributed by atoms with Gasteiger partial charge in [0.05, 0.1) is 24.2 Å². The molecule has 2 aromatic heterocycles. The van der Waals surface area contributed by atoms with Gasteiger partial charge in [0.2, 0.25) is 0 Å². The Morgan fingerprint density at radius 3 is 2.81 bits per heavy atom. The molecular weight excluding hydrogens is 344 g/mol. The molecule has 1 atom stereocenters. The number of H-pyrrole nitrogens is 1. The van der Waals surface area contributed by atoms with Crippen LogP contribution in [0.5, 0.6) is 11.5 Å². The molecule has 3 heterocycles. The van der Waals surface area contributed by atoms with E-state index in [1.165, 1.54) is 0 Å². The topological polar surface area (TPSA) is 75.6 Å². The molecule has 4 rings (SSSR count). The first kappa shape index (κ1) is 17.6. The first-order valence-electron chi connectivity index (χ1n) is 9.05. The summed E-state index contributed by atoms with van der Waals surface area (Å²) in [5.74, 6) is 2.51. The van der Waals surface area contributed by atoms with Gasteiger partial charge in [-0.15, -0.1) is 0 Å². The molecule has 1 aromatic carbocycles. The molecule has 7 nitrogen and oxygen atoms in total. The van der Waals surface area contributed by atoms with E-state index in [1.807, 2.05) is 50.6 Å². The summed E-state index contributed by atoms with van der Waals surface area (Å²) >= 11 is 0. The summed E-state index contributed by atoms with van der Waals surface area (Å²) in [5, 5.41) is 10.8. The van der Waals surface area contributed by atoms with E-state index in [2.05, 4.69) is 20.4 Å². The van der Waals surface area contributed by atoms with Gasteiger partial charge in [-0.3, -0.25) is 10.00 Å². The largest absolute Gasteiger partial charge is 0.486 e. The Bertz CT molecular complexity index is 873. The lowest BCUT2D eigenvalue weighted by atomic mass is 10.1. The van der Waals surface area contributed by atoms with Gasteiger partial charge in [0.25, 0.3) is 0 Å². The second-order valence-electron chi connectivity index (χ2n) is 6.75. The van der Waals surface area contributed by atoms with Crippen LogP contribution in [0.3, 0.4) is 0 Å². The molecule has 27 heavy (non-hydrogen) atoms. The number of likely N-dealkylation sites (N-methyl/N-ethyl adjacent to an activating group) is 1. The Morgan fingerprint density at radius 2 is 2.04 bits per heavy atom. The molecule has 0 radical (unpaired) electrons. The average Bonchev–Trinajstić information content (AvgIpc) is 3.36. The Kier molecular flexibility index (Phi) is 5.13. The number of hydrogen-bond donors (Lipinski definition) is 2. The predicted octanol–water partition coefficient (Wildman–Crippen LogP) is 2.83. The molecule has 0 amide bonds. The third kappa shape index (κ3) is 3.84. The van der Waals surface area contributed by atoms with E-state index >= 15 is 0 Å². The fraction of sp³-hybridized carbons (Fsp3) is 0.350. The van der Waals surface area contributed by atoms with E-state index in [1.54, 1.807) is 6.26 Å². The van der Waals surface area contributed by atoms with Crippen LogP contribution >= 0.6 is 0 Å². The quantitative estimate of drug-likeness (QED) is 0.668. The minimum absolute atomic E-state index is 0.171. The third-order valence-electron chi connectivity index (χ3n) is 4.70. The minimum atomic E-state index is 0.171. The molecule has 1 aliphatic rings. The molecule has 7 heteroatoms. The second-order valence-corrected chi connectivity index (χ2v) is 6.75. The highest BCUT2D eigenvalue weighted by atomic mass is 16.6. The van der Waals surface area contributed by atoms with E-state index in [-0.39, 0.29) is 6.04 Å². The van der Waals surface area contributed by atoms with E-state index < -0.39 is 0 Å². The smallest absolute Gasteiger partial charge is 0.162 e. The van der Waals surface area contributed by atoms with Crippen LogP contribution in [0.4, 0.5) is 0 Å². The second kappa shape index (κ2) is 7.85. The zero-order chi connectivity index (χ0) is 18.6. The molecule has 0 spiro atoms. The number of aromatic amines is 1. The number of nitrogens with one attached hydrogen (secondary N) is 2. The number of benzene rings is 1. The van der Waals surface area contributed by atoms with Crippen molar-refractivity contribution in [3.05, 3.63) is 54.1 Å². The SMILES string of the molecule is CN(C)C(CNCc1cn[nH]c1-c1ccc2c(c1)OCCO2)c1ccco1. The van der Waals surface area contributed by atoms with Crippen LogP contribution in [-0.4, -0.2) is 49.0 Å². The first-order chi connectivity index (χ1) is 13.2. The van der Waals surface area contributed by atoms with Gasteiger partial charge < -0.3 is 19.2 Å². The maximum Gasteiger partial charge on any atom is 0.162 e. The zero-order valence-corrected chi connectivity index (χ0v) is 15.6. The summed E-state index contributed by atoms with van der Waals surface area (Å²) in [6.45, 7) is 2.64. The van der Waals surface area contributed by atoms with Gasteiger partial charge >= 0.3 is 0 Å². The van der Waals surface area contributed by atoms with Gasteiger partial charge in [-0.2, -0.15) is 5.10 Å². The summed E-state index contributed by atoms with van der Waals surface area (Å²) in [4.78, 5) is 2.14. The molecule has 0 aliphatic carbocycles. The van der Waals surface area contributed by atoms with Crippen molar-refractivity contribution in [2.45, 2.75) is 12.6 Å². The van der Waals surface area contributed by atoms with Crippen molar-refractivity contribution in [1.82, 2.24) is 20.4 Å². The fourth-order valence-corrected chi connectivity index (χ4v) is 3.26. The molecule has 0 fully saturated rings. The zero-order valence-electron chi connectivity index (χ0n) is 15.6. The minimum Gasteiger partial charge on any atom is -0.486 e. The van der Waals surface area contributed by atoms with Crippen molar-refractivity contribution >= 4 is 0 Å². The standard InChI is InChI=1S/C20H24N4O3/c1-24(2)16(17-4-3-7-25-17)13-21-11-15-12-22-23-20(15)14-5-6-18-19(10-14)27-9-8-26-18/h3-7,10,12,16,21H,8-9,11,13H2,1-2H3,(H,22,23). The van der Waals surface area contributed by atoms with Crippen LogP contribution in [0.2, 0.25) is 0 Å². The van der Waals surface area contributed by atoms with E-state index in [0.29, 0.717) is 19.8 Å². The van der Waals surface area contributed by atoms with E-state index in [0.717, 1.165) is 40.6 Å². The predicted molar refractivity (Wildman–Crippen MR) is 102 cm³/mol. The number of furan rings is 1. The number of nitrogens with zero attached hydrogens (tertiary/aromatic N) is 2. The Hall–Kier alpha value is -2.77. The molecule has 0 saturated heterocycles. The lowest BCUT2D eigenvalue weighted by molar-refractivity contribution is 0.171. The van der Waals surface area contributed by atoms with Crippen LogP contribution in [0, 0.1) is 0 Å². The van der Waals surface area contributed by atoms with Crippen molar-refractivity contribution in [2.75, 3.05) is 33.9 Å². The Morgan fingerprint density at radius 1 is 1.19 bits per heavy atom. The van der Waals surface area contributed by atoms with Crippen molar-refractivity contribution < 1.29 is 13.9 Å². The summed E-state index contributed by atoms with van der Waals surface area (Å²) in [7, 11) is 4.10. The van der Waals surface area contributed by atoms with Gasteiger partial charge in [-0.25, -0.2) is 0 Å². The van der Waals surface area contributed by atoms with Crippen molar-refractivity contribution in [1.29, 1.82) is 0 Å². The molecular formula is C20H24N4O3. The molecule has 1 aliphatic heterocycles. The third-order valence-corrected chi connectivity index (χ3v) is 4.70. The van der Waals surface area contributed by atoms with Crippen molar-refractivity contribution in [2.24, 2.45) is 0 Å². The van der Waals surface area contributed by atoms with Crippen LogP contribution in [0.1, 0.15) is 17.4 Å². The molecule has 2 N–H and O–H groups in total. The summed E-state index contributed by atoms with van der Waals surface area (Å²) in [6.07, 6.45) is 3.57. The van der Waals surface area contributed by atoms with Crippen molar-refractivity contribution in [3.8, 4) is 22.8 Å². The maximum atomic E-state index is 5.69. The molecule has 1 unspecified atom stereocenters. The van der Waals surface area contributed by atoms with Crippen molar-refractivity contribution in [3.63, 3.8) is 0 Å². The number of hydrogen-bond acceptors (Lipinski definition) is 6. The fourth-order valence-electron chi connectivity index (χ4n) is 3.26. The van der Waals surface area contributed by atoms with Crippen LogP contribution in [-0.2, 0) is 6.54 Å². The molecule has 142 valence electrons. The lowest BCUT2D eigenvalue weighted by Crippen LogP contribution is -2.30. The summed E-state index contributed by atoms with van der Waals surface area (Å²) < 4.78 is 16.9. The average molecular weight is 368 g/mol. The number of ether oxygens (including phenoxy) is 2. The van der Waals surface area contributed by atoms with Gasteiger partial charge in [-0.1, -0.05) is 0 Å².